The first kappa shape index (κ1) is 20.4. The molecule has 1 aromatic heterocycles. The Balaban J connectivity index is 1.47. The van der Waals surface area contributed by atoms with Crippen molar-refractivity contribution in [2.75, 3.05) is 4.90 Å². The first-order valence-corrected chi connectivity index (χ1v) is 11.9. The van der Waals surface area contributed by atoms with Crippen molar-refractivity contribution in [3.8, 4) is 34.1 Å². The first-order chi connectivity index (χ1) is 17.8. The highest BCUT2D eigenvalue weighted by atomic mass is 16.5. The average Bonchev–Trinajstić information content (AvgIpc) is 2.96. The van der Waals surface area contributed by atoms with Gasteiger partial charge in [-0.3, -0.25) is 0 Å². The van der Waals surface area contributed by atoms with Gasteiger partial charge in [-0.25, -0.2) is 9.97 Å². The van der Waals surface area contributed by atoms with Crippen molar-refractivity contribution in [3.05, 3.63) is 127 Å². The normalized spacial score (nSPS) is 12.1. The maximum atomic E-state index is 6.20. The van der Waals surface area contributed by atoms with Gasteiger partial charge in [0.1, 0.15) is 0 Å². The third-order valence-corrected chi connectivity index (χ3v) is 6.45. The second-order valence-corrected chi connectivity index (χ2v) is 8.70. The largest absolute Gasteiger partial charge is 0.453 e. The summed E-state index contributed by atoms with van der Waals surface area (Å²) in [6, 6.07) is 43.1. The van der Waals surface area contributed by atoms with Crippen LogP contribution in [-0.2, 0) is 0 Å². The van der Waals surface area contributed by atoms with Gasteiger partial charge >= 0.3 is 0 Å². The summed E-state index contributed by atoms with van der Waals surface area (Å²) in [5.41, 5.74) is 6.88. The molecule has 1 aliphatic rings. The maximum absolute atomic E-state index is 6.20. The van der Waals surface area contributed by atoms with E-state index in [0.717, 1.165) is 56.3 Å². The molecule has 0 unspecified atom stereocenters. The Morgan fingerprint density at radius 1 is 0.528 bits per heavy atom. The van der Waals surface area contributed by atoms with E-state index in [2.05, 4.69) is 47.4 Å². The molecule has 0 saturated heterocycles. The monoisotopic (exact) mass is 463 g/mol. The Bertz CT molecular complexity index is 1670. The van der Waals surface area contributed by atoms with E-state index < -0.39 is 0 Å². The maximum Gasteiger partial charge on any atom is 0.160 e. The predicted molar refractivity (Wildman–Crippen MR) is 145 cm³/mol. The van der Waals surface area contributed by atoms with Crippen LogP contribution >= 0.6 is 0 Å². The van der Waals surface area contributed by atoms with Crippen molar-refractivity contribution in [2.45, 2.75) is 0 Å². The number of aromatic nitrogens is 2. The van der Waals surface area contributed by atoms with Gasteiger partial charge in [-0.15, -0.1) is 0 Å². The zero-order valence-corrected chi connectivity index (χ0v) is 19.4. The van der Waals surface area contributed by atoms with Crippen LogP contribution in [0.2, 0.25) is 0 Å². The van der Waals surface area contributed by atoms with E-state index in [1.54, 1.807) is 0 Å². The fourth-order valence-electron chi connectivity index (χ4n) is 4.77. The van der Waals surface area contributed by atoms with Crippen LogP contribution in [0.5, 0.6) is 11.5 Å². The summed E-state index contributed by atoms with van der Waals surface area (Å²) >= 11 is 0. The molecular weight excluding hydrogens is 442 g/mol. The molecular formula is C32H21N3O. The van der Waals surface area contributed by atoms with Crippen LogP contribution in [0.15, 0.2) is 127 Å². The molecule has 36 heavy (non-hydrogen) atoms. The summed E-state index contributed by atoms with van der Waals surface area (Å²) < 4.78 is 6.20. The first-order valence-electron chi connectivity index (χ1n) is 11.9. The summed E-state index contributed by atoms with van der Waals surface area (Å²) in [7, 11) is 0. The van der Waals surface area contributed by atoms with E-state index in [1.165, 1.54) is 0 Å². The third-order valence-electron chi connectivity index (χ3n) is 6.45. The van der Waals surface area contributed by atoms with Gasteiger partial charge in [-0.2, -0.15) is 0 Å². The van der Waals surface area contributed by atoms with Crippen LogP contribution < -0.4 is 9.64 Å². The van der Waals surface area contributed by atoms with Gasteiger partial charge in [-0.05, 0) is 42.5 Å². The van der Waals surface area contributed by atoms with Crippen molar-refractivity contribution in [1.29, 1.82) is 0 Å². The smallest absolute Gasteiger partial charge is 0.160 e. The van der Waals surface area contributed by atoms with E-state index in [1.807, 2.05) is 84.9 Å². The quantitative estimate of drug-likeness (QED) is 0.263. The SMILES string of the molecule is c1ccc(-c2nc(-c3ccccc3)c3ccc(N4c5ccccc5Oc5ccccc54)cc3n2)cc1. The van der Waals surface area contributed by atoms with Crippen LogP contribution in [0, 0.1) is 0 Å². The highest BCUT2D eigenvalue weighted by Gasteiger charge is 2.25. The van der Waals surface area contributed by atoms with E-state index in [0.29, 0.717) is 5.82 Å². The second-order valence-electron chi connectivity index (χ2n) is 8.70. The van der Waals surface area contributed by atoms with Gasteiger partial charge in [-0.1, -0.05) is 84.9 Å². The number of para-hydroxylation sites is 4. The minimum Gasteiger partial charge on any atom is -0.453 e. The number of rotatable bonds is 3. The molecule has 5 aromatic carbocycles. The van der Waals surface area contributed by atoms with Crippen molar-refractivity contribution in [1.82, 2.24) is 9.97 Å². The summed E-state index contributed by atoms with van der Waals surface area (Å²) in [4.78, 5) is 12.3. The molecule has 6 aromatic rings. The molecule has 0 aliphatic carbocycles. The number of fused-ring (bicyclic) bond motifs is 3. The fourth-order valence-corrected chi connectivity index (χ4v) is 4.77. The van der Waals surface area contributed by atoms with Gasteiger partial charge in [0.25, 0.3) is 0 Å². The van der Waals surface area contributed by atoms with Crippen molar-refractivity contribution in [2.24, 2.45) is 0 Å². The molecule has 0 atom stereocenters. The number of hydrogen-bond acceptors (Lipinski definition) is 4. The number of benzene rings is 5. The molecule has 0 radical (unpaired) electrons. The topological polar surface area (TPSA) is 38.2 Å². The minimum atomic E-state index is 0.710. The Labute approximate surface area is 209 Å². The number of nitrogens with zero attached hydrogens (tertiary/aromatic N) is 3. The van der Waals surface area contributed by atoms with Crippen molar-refractivity contribution in [3.63, 3.8) is 0 Å². The van der Waals surface area contributed by atoms with Crippen LogP contribution in [0.3, 0.4) is 0 Å². The Morgan fingerprint density at radius 2 is 1.11 bits per heavy atom. The standard InChI is InChI=1S/C32H21N3O/c1-3-11-22(12-4-1)31-25-20-19-24(21-26(25)33-32(34-31)23-13-5-2-6-14-23)35-27-15-7-9-17-29(27)36-30-18-10-8-16-28(30)35/h1-21H. The van der Waals surface area contributed by atoms with Crippen molar-refractivity contribution >= 4 is 28.0 Å². The number of ether oxygens (including phenoxy) is 1. The molecule has 0 amide bonds. The van der Waals surface area contributed by atoms with Gasteiger partial charge in [0.2, 0.25) is 0 Å². The highest BCUT2D eigenvalue weighted by molar-refractivity contribution is 5.97. The lowest BCUT2D eigenvalue weighted by atomic mass is 10.0. The van der Waals surface area contributed by atoms with Crippen LogP contribution in [0.1, 0.15) is 0 Å². The Kier molecular flexibility index (Phi) is 4.74. The zero-order valence-electron chi connectivity index (χ0n) is 19.4. The summed E-state index contributed by atoms with van der Waals surface area (Å²) in [6.07, 6.45) is 0. The molecule has 0 saturated carbocycles. The summed E-state index contributed by atoms with van der Waals surface area (Å²) in [6.45, 7) is 0. The molecule has 170 valence electrons. The average molecular weight is 464 g/mol. The third kappa shape index (κ3) is 3.39. The van der Waals surface area contributed by atoms with E-state index in [-0.39, 0.29) is 0 Å². The van der Waals surface area contributed by atoms with E-state index in [4.69, 9.17) is 14.7 Å². The zero-order chi connectivity index (χ0) is 23.9. The van der Waals surface area contributed by atoms with Gasteiger partial charge in [0, 0.05) is 22.2 Å². The van der Waals surface area contributed by atoms with Crippen LogP contribution in [-0.4, -0.2) is 9.97 Å². The number of hydrogen-bond donors (Lipinski definition) is 0. The lowest BCUT2D eigenvalue weighted by molar-refractivity contribution is 0.477. The van der Waals surface area contributed by atoms with Crippen LogP contribution in [0.4, 0.5) is 17.1 Å². The molecule has 0 N–H and O–H groups in total. The van der Waals surface area contributed by atoms with E-state index >= 15 is 0 Å². The Hall–Kier alpha value is -4.96. The molecule has 1 aliphatic heterocycles. The minimum absolute atomic E-state index is 0.710. The fraction of sp³-hybridized carbons (Fsp3) is 0. The highest BCUT2D eigenvalue weighted by Crippen LogP contribution is 2.50. The van der Waals surface area contributed by atoms with Crippen molar-refractivity contribution < 1.29 is 4.74 Å². The predicted octanol–water partition coefficient (Wildman–Crippen LogP) is 8.54. The van der Waals surface area contributed by atoms with Gasteiger partial charge in [0.15, 0.2) is 17.3 Å². The number of anilines is 3. The second kappa shape index (κ2) is 8.36. The molecule has 4 nitrogen and oxygen atoms in total. The molecule has 0 spiro atoms. The molecule has 4 heteroatoms. The molecule has 7 rings (SSSR count). The molecule has 0 bridgehead atoms. The summed E-state index contributed by atoms with van der Waals surface area (Å²) in [5.74, 6) is 2.37. The van der Waals surface area contributed by atoms with Gasteiger partial charge in [0.05, 0.1) is 22.6 Å². The molecule has 0 fully saturated rings. The van der Waals surface area contributed by atoms with E-state index in [9.17, 15) is 0 Å². The Morgan fingerprint density at radius 3 is 1.78 bits per heavy atom. The van der Waals surface area contributed by atoms with Gasteiger partial charge < -0.3 is 9.64 Å². The lowest BCUT2D eigenvalue weighted by Crippen LogP contribution is -2.15. The molecule has 2 heterocycles. The lowest BCUT2D eigenvalue weighted by Gasteiger charge is -2.32. The van der Waals surface area contributed by atoms with Crippen LogP contribution in [0.25, 0.3) is 33.5 Å². The summed E-state index contributed by atoms with van der Waals surface area (Å²) in [5, 5.41) is 1.01.